The van der Waals surface area contributed by atoms with Crippen molar-refractivity contribution in [3.63, 3.8) is 0 Å². The Kier molecular flexibility index (Phi) is 6.59. The quantitative estimate of drug-likeness (QED) is 0.542. The lowest BCUT2D eigenvalue weighted by Gasteiger charge is -2.36. The largest absolute Gasteiger partial charge is 0.412 e. The molecule has 3 heterocycles. The van der Waals surface area contributed by atoms with Crippen LogP contribution in [0.3, 0.4) is 0 Å². The number of nitrogens with one attached hydrogen (secondary N) is 1. The Morgan fingerprint density at radius 3 is 2.07 bits per heavy atom. The zero-order chi connectivity index (χ0) is 18.9. The predicted octanol–water partition coefficient (Wildman–Crippen LogP) is 3.86. The van der Waals surface area contributed by atoms with E-state index in [2.05, 4.69) is 80.4 Å². The van der Waals surface area contributed by atoms with Crippen molar-refractivity contribution in [3.8, 4) is 11.3 Å². The number of para-hydroxylation sites is 1. The molecule has 1 aliphatic heterocycles. The highest BCUT2D eigenvalue weighted by Crippen LogP contribution is 2.29. The Morgan fingerprint density at radius 2 is 1.40 bits per heavy atom. The second-order valence-electron chi connectivity index (χ2n) is 7.21. The number of rotatable bonds is 3. The number of aryl methyl sites for hydroxylation is 1. The van der Waals surface area contributed by atoms with Crippen LogP contribution in [0.25, 0.3) is 22.3 Å². The molecule has 0 amide bonds. The van der Waals surface area contributed by atoms with Crippen molar-refractivity contribution >= 4 is 34.9 Å². The van der Waals surface area contributed by atoms with Gasteiger partial charge in [0.15, 0.2) is 5.82 Å². The summed E-state index contributed by atoms with van der Waals surface area (Å²) < 4.78 is 0. The van der Waals surface area contributed by atoms with E-state index < -0.39 is 0 Å². The van der Waals surface area contributed by atoms with Crippen LogP contribution in [0.2, 0.25) is 0 Å². The Labute approximate surface area is 182 Å². The fourth-order valence-electron chi connectivity index (χ4n) is 3.93. The molecule has 1 fully saturated rings. The van der Waals surface area contributed by atoms with E-state index in [0.29, 0.717) is 0 Å². The van der Waals surface area contributed by atoms with Crippen molar-refractivity contribution in [1.82, 2.24) is 15.0 Å². The highest BCUT2D eigenvalue weighted by Gasteiger charge is 2.22. The number of benzene rings is 2. The van der Waals surface area contributed by atoms with Crippen molar-refractivity contribution in [1.29, 1.82) is 0 Å². The summed E-state index contributed by atoms with van der Waals surface area (Å²) in [6, 6.07) is 23.1. The van der Waals surface area contributed by atoms with Crippen molar-refractivity contribution < 1.29 is 5.48 Å². The van der Waals surface area contributed by atoms with Gasteiger partial charge in [-0.05, 0) is 30.7 Å². The van der Waals surface area contributed by atoms with E-state index in [0.717, 1.165) is 60.1 Å². The lowest BCUT2D eigenvalue weighted by molar-refractivity contribution is 0.647. The van der Waals surface area contributed by atoms with Crippen LogP contribution in [0.4, 0.5) is 11.5 Å². The number of hydrogen-bond acceptors (Lipinski definition) is 4. The van der Waals surface area contributed by atoms with Crippen molar-refractivity contribution in [2.24, 2.45) is 0 Å². The number of nitrogens with zero attached hydrogens (tertiary/aromatic N) is 4. The average Bonchev–Trinajstić information content (AvgIpc) is 3.18. The van der Waals surface area contributed by atoms with E-state index in [1.165, 1.54) is 5.69 Å². The number of aromatic nitrogens is 3. The number of hydrogen-bond donors (Lipinski definition) is 1. The van der Waals surface area contributed by atoms with Gasteiger partial charge in [-0.2, -0.15) is 0 Å². The fraction of sp³-hybridized carbons (Fsp3) is 0.217. The zero-order valence-electron chi connectivity index (χ0n) is 16.9. The molecule has 1 aliphatic rings. The van der Waals surface area contributed by atoms with Crippen LogP contribution < -0.4 is 9.80 Å². The van der Waals surface area contributed by atoms with E-state index >= 15 is 0 Å². The minimum absolute atomic E-state index is 0. The van der Waals surface area contributed by atoms with Gasteiger partial charge >= 0.3 is 0 Å². The van der Waals surface area contributed by atoms with Gasteiger partial charge in [0.25, 0.3) is 0 Å². The highest BCUT2D eigenvalue weighted by molar-refractivity contribution is 5.91. The number of H-pyrrole nitrogens is 1. The number of halogens is 1. The van der Waals surface area contributed by atoms with Gasteiger partial charge in [-0.25, -0.2) is 9.97 Å². The van der Waals surface area contributed by atoms with Crippen LogP contribution in [0, 0.1) is 6.92 Å². The minimum atomic E-state index is 0. The SMILES string of the molecule is Cc1nc(N2CCN(c3ccccc3)CC2)c2[nH]c(-c3ccccc3)cc2n1.Cl.O. The molecule has 0 atom stereocenters. The van der Waals surface area contributed by atoms with Crippen LogP contribution in [0.15, 0.2) is 66.7 Å². The van der Waals surface area contributed by atoms with Crippen LogP contribution >= 0.6 is 12.4 Å². The maximum Gasteiger partial charge on any atom is 0.156 e. The Balaban J connectivity index is 0.00000128. The molecule has 3 N–H and O–H groups in total. The van der Waals surface area contributed by atoms with E-state index in [1.54, 1.807) is 0 Å². The Morgan fingerprint density at radius 1 is 0.800 bits per heavy atom. The molecule has 0 bridgehead atoms. The standard InChI is InChI=1S/C23H23N5.ClH.H2O/c1-17-24-21-16-20(18-8-4-2-5-9-18)26-22(21)23(25-17)28-14-12-27(13-15-28)19-10-6-3-7-11-19;;/h2-11,16,26H,12-15H2,1H3;1H;1H2. The molecule has 0 aliphatic carbocycles. The van der Waals surface area contributed by atoms with Gasteiger partial charge in [0.1, 0.15) is 11.3 Å². The summed E-state index contributed by atoms with van der Waals surface area (Å²) in [5, 5.41) is 0. The number of piperazine rings is 1. The van der Waals surface area contributed by atoms with E-state index in [4.69, 9.17) is 4.98 Å². The second kappa shape index (κ2) is 9.15. The maximum absolute atomic E-state index is 4.79. The summed E-state index contributed by atoms with van der Waals surface area (Å²) in [5.41, 5.74) is 5.54. The van der Waals surface area contributed by atoms with E-state index in [1.807, 2.05) is 13.0 Å². The molecule has 0 radical (unpaired) electrons. The smallest absolute Gasteiger partial charge is 0.156 e. The average molecular weight is 424 g/mol. The van der Waals surface area contributed by atoms with Gasteiger partial charge in [0, 0.05) is 37.6 Å². The van der Waals surface area contributed by atoms with Crippen LogP contribution in [-0.4, -0.2) is 46.6 Å². The summed E-state index contributed by atoms with van der Waals surface area (Å²) in [6.07, 6.45) is 0. The lowest BCUT2D eigenvalue weighted by Crippen LogP contribution is -2.47. The van der Waals surface area contributed by atoms with Gasteiger partial charge in [-0.1, -0.05) is 48.5 Å². The molecule has 2 aromatic heterocycles. The van der Waals surface area contributed by atoms with Crippen molar-refractivity contribution in [2.45, 2.75) is 6.92 Å². The normalized spacial score (nSPS) is 13.6. The molecular weight excluding hydrogens is 398 g/mol. The van der Waals surface area contributed by atoms with Gasteiger partial charge in [0.05, 0.1) is 5.52 Å². The first kappa shape index (κ1) is 21.6. The molecule has 4 aromatic rings. The first-order valence-corrected chi connectivity index (χ1v) is 9.76. The molecule has 0 saturated carbocycles. The fourth-order valence-corrected chi connectivity index (χ4v) is 3.93. The lowest BCUT2D eigenvalue weighted by atomic mass is 10.2. The van der Waals surface area contributed by atoms with E-state index in [9.17, 15) is 0 Å². The first-order valence-electron chi connectivity index (χ1n) is 9.76. The van der Waals surface area contributed by atoms with Crippen LogP contribution in [0.1, 0.15) is 5.82 Å². The topological polar surface area (TPSA) is 79.6 Å². The van der Waals surface area contributed by atoms with Gasteiger partial charge in [0.2, 0.25) is 0 Å². The van der Waals surface area contributed by atoms with Crippen LogP contribution in [-0.2, 0) is 0 Å². The van der Waals surface area contributed by atoms with Crippen molar-refractivity contribution in [2.75, 3.05) is 36.0 Å². The second-order valence-corrected chi connectivity index (χ2v) is 7.21. The summed E-state index contributed by atoms with van der Waals surface area (Å²) in [6.45, 7) is 5.83. The molecule has 0 spiro atoms. The zero-order valence-corrected chi connectivity index (χ0v) is 17.7. The molecular formula is C23H26ClN5O. The van der Waals surface area contributed by atoms with Crippen LogP contribution in [0.5, 0.6) is 0 Å². The summed E-state index contributed by atoms with van der Waals surface area (Å²) >= 11 is 0. The third kappa shape index (κ3) is 4.10. The third-order valence-electron chi connectivity index (χ3n) is 5.36. The molecule has 30 heavy (non-hydrogen) atoms. The third-order valence-corrected chi connectivity index (χ3v) is 5.36. The number of fused-ring (bicyclic) bond motifs is 1. The van der Waals surface area contributed by atoms with Gasteiger partial charge in [-0.15, -0.1) is 12.4 Å². The summed E-state index contributed by atoms with van der Waals surface area (Å²) in [4.78, 5) is 17.8. The summed E-state index contributed by atoms with van der Waals surface area (Å²) in [5.74, 6) is 1.82. The molecule has 5 rings (SSSR count). The first-order chi connectivity index (χ1) is 13.8. The molecule has 1 saturated heterocycles. The Hall–Kier alpha value is -3.09. The summed E-state index contributed by atoms with van der Waals surface area (Å²) in [7, 11) is 0. The predicted molar refractivity (Wildman–Crippen MR) is 126 cm³/mol. The minimum Gasteiger partial charge on any atom is -0.412 e. The highest BCUT2D eigenvalue weighted by atomic mass is 35.5. The maximum atomic E-state index is 4.79. The number of aromatic amines is 1. The van der Waals surface area contributed by atoms with Gasteiger partial charge in [-0.3, -0.25) is 0 Å². The van der Waals surface area contributed by atoms with Gasteiger partial charge < -0.3 is 20.3 Å². The van der Waals surface area contributed by atoms with Crippen molar-refractivity contribution in [3.05, 3.63) is 72.6 Å². The van der Waals surface area contributed by atoms with E-state index in [-0.39, 0.29) is 17.9 Å². The molecule has 156 valence electrons. The Bertz CT molecular complexity index is 1090. The molecule has 2 aromatic carbocycles. The number of anilines is 2. The molecule has 7 heteroatoms. The monoisotopic (exact) mass is 423 g/mol. The molecule has 0 unspecified atom stereocenters. The molecule has 6 nitrogen and oxygen atoms in total.